The summed E-state index contributed by atoms with van der Waals surface area (Å²) in [6, 6.07) is 5.44. The highest BCUT2D eigenvalue weighted by Crippen LogP contribution is 2.23. The fourth-order valence-electron chi connectivity index (χ4n) is 0.861. The third kappa shape index (κ3) is 3.31. The van der Waals surface area contributed by atoms with Crippen molar-refractivity contribution in [3.8, 4) is 0 Å². The van der Waals surface area contributed by atoms with Crippen molar-refractivity contribution in [1.29, 1.82) is 0 Å². The van der Waals surface area contributed by atoms with Gasteiger partial charge in [-0.2, -0.15) is 0 Å². The summed E-state index contributed by atoms with van der Waals surface area (Å²) in [6.07, 6.45) is 0. The number of anilines is 1. The minimum Gasteiger partial charge on any atom is -0.331 e. The summed E-state index contributed by atoms with van der Waals surface area (Å²) < 4.78 is 1.84. The molecule has 0 radical (unpaired) electrons. The van der Waals surface area contributed by atoms with E-state index in [0.717, 1.165) is 14.6 Å². The molecule has 76 valence electrons. The third-order valence-corrected chi connectivity index (χ3v) is 2.44. The fraction of sp³-hybridized carbons (Fsp3) is 0.222. The van der Waals surface area contributed by atoms with Gasteiger partial charge in [-0.25, -0.2) is 4.79 Å². The largest absolute Gasteiger partial charge is 0.331 e. The van der Waals surface area contributed by atoms with E-state index in [1.54, 1.807) is 14.1 Å². The summed E-state index contributed by atoms with van der Waals surface area (Å²) in [7, 11) is 3.39. The van der Waals surface area contributed by atoms with Crippen LogP contribution in [0.2, 0.25) is 0 Å². The van der Waals surface area contributed by atoms with Gasteiger partial charge in [-0.15, -0.1) is 0 Å². The molecule has 0 aliphatic carbocycles. The number of rotatable bonds is 1. The van der Waals surface area contributed by atoms with Crippen molar-refractivity contribution in [2.24, 2.45) is 0 Å². The Morgan fingerprint density at radius 1 is 1.21 bits per heavy atom. The van der Waals surface area contributed by atoms with Gasteiger partial charge in [0.15, 0.2) is 0 Å². The molecular formula is C9H10Br2N2O. The Bertz CT molecular complexity index is 332. The monoisotopic (exact) mass is 320 g/mol. The standard InChI is InChI=1S/C9H10Br2N2O/c1-13(2)9(14)12-8-4-6(10)3-7(11)5-8/h3-5H,1-2H3,(H,12,14). The molecule has 5 heteroatoms. The van der Waals surface area contributed by atoms with Gasteiger partial charge in [-0.05, 0) is 18.2 Å². The van der Waals surface area contributed by atoms with Gasteiger partial charge in [0.2, 0.25) is 0 Å². The number of carbonyl (C=O) groups is 1. The maximum absolute atomic E-state index is 11.3. The molecule has 0 aliphatic heterocycles. The Hall–Kier alpha value is -0.550. The molecule has 0 heterocycles. The van der Waals surface area contributed by atoms with Gasteiger partial charge >= 0.3 is 6.03 Å². The molecule has 0 aliphatic rings. The van der Waals surface area contributed by atoms with Crippen molar-refractivity contribution in [3.63, 3.8) is 0 Å². The minimum absolute atomic E-state index is 0.144. The van der Waals surface area contributed by atoms with E-state index in [-0.39, 0.29) is 6.03 Å². The highest BCUT2D eigenvalue weighted by atomic mass is 79.9. The van der Waals surface area contributed by atoms with Gasteiger partial charge in [0.05, 0.1) is 0 Å². The van der Waals surface area contributed by atoms with Crippen LogP contribution in [-0.4, -0.2) is 25.0 Å². The first-order chi connectivity index (χ1) is 6.49. The predicted octanol–water partition coefficient (Wildman–Crippen LogP) is 3.31. The zero-order chi connectivity index (χ0) is 10.7. The quantitative estimate of drug-likeness (QED) is 0.845. The number of nitrogens with zero attached hydrogens (tertiary/aromatic N) is 1. The van der Waals surface area contributed by atoms with E-state index >= 15 is 0 Å². The van der Waals surface area contributed by atoms with Gasteiger partial charge in [-0.1, -0.05) is 31.9 Å². The average molecular weight is 322 g/mol. The maximum Gasteiger partial charge on any atom is 0.321 e. The summed E-state index contributed by atoms with van der Waals surface area (Å²) in [5.41, 5.74) is 0.755. The Morgan fingerprint density at radius 3 is 2.14 bits per heavy atom. The van der Waals surface area contributed by atoms with Gasteiger partial charge < -0.3 is 10.2 Å². The number of hydrogen-bond acceptors (Lipinski definition) is 1. The maximum atomic E-state index is 11.3. The highest BCUT2D eigenvalue weighted by Gasteiger charge is 2.04. The lowest BCUT2D eigenvalue weighted by Gasteiger charge is -2.12. The van der Waals surface area contributed by atoms with E-state index in [4.69, 9.17) is 0 Å². The highest BCUT2D eigenvalue weighted by molar-refractivity contribution is 9.11. The molecule has 2 amide bonds. The van der Waals surface area contributed by atoms with Crippen molar-refractivity contribution in [2.45, 2.75) is 0 Å². The zero-order valence-electron chi connectivity index (χ0n) is 7.84. The number of urea groups is 1. The molecule has 0 saturated carbocycles. The summed E-state index contributed by atoms with van der Waals surface area (Å²) in [6.45, 7) is 0. The van der Waals surface area contributed by atoms with Crippen LogP contribution in [0.1, 0.15) is 0 Å². The van der Waals surface area contributed by atoms with E-state index in [0.29, 0.717) is 0 Å². The SMILES string of the molecule is CN(C)C(=O)Nc1cc(Br)cc(Br)c1. The Morgan fingerprint density at radius 2 is 1.71 bits per heavy atom. The summed E-state index contributed by atoms with van der Waals surface area (Å²) in [5.74, 6) is 0. The molecule has 0 saturated heterocycles. The van der Waals surface area contributed by atoms with Crippen molar-refractivity contribution < 1.29 is 4.79 Å². The molecule has 0 atom stereocenters. The molecule has 1 N–H and O–H groups in total. The van der Waals surface area contributed by atoms with E-state index < -0.39 is 0 Å². The van der Waals surface area contributed by atoms with Gasteiger partial charge in [-0.3, -0.25) is 0 Å². The minimum atomic E-state index is -0.144. The number of amides is 2. The Labute approximate surface area is 99.7 Å². The Balaban J connectivity index is 2.82. The van der Waals surface area contributed by atoms with Gasteiger partial charge in [0.25, 0.3) is 0 Å². The summed E-state index contributed by atoms with van der Waals surface area (Å²) in [5, 5.41) is 2.75. The molecule has 0 bridgehead atoms. The molecular weight excluding hydrogens is 312 g/mol. The van der Waals surface area contributed by atoms with Crippen LogP contribution in [0.4, 0.5) is 10.5 Å². The van der Waals surface area contributed by atoms with Crippen molar-refractivity contribution >= 4 is 43.6 Å². The molecule has 1 rings (SSSR count). The number of carbonyl (C=O) groups excluding carboxylic acids is 1. The van der Waals surface area contributed by atoms with Crippen LogP contribution in [0.25, 0.3) is 0 Å². The van der Waals surface area contributed by atoms with E-state index in [9.17, 15) is 4.79 Å². The van der Waals surface area contributed by atoms with Crippen LogP contribution >= 0.6 is 31.9 Å². The third-order valence-electron chi connectivity index (χ3n) is 1.52. The first-order valence-electron chi connectivity index (χ1n) is 3.93. The second kappa shape index (κ2) is 4.79. The van der Waals surface area contributed by atoms with E-state index in [1.165, 1.54) is 4.90 Å². The molecule has 1 aromatic carbocycles. The van der Waals surface area contributed by atoms with Gasteiger partial charge in [0, 0.05) is 28.7 Å². The first-order valence-corrected chi connectivity index (χ1v) is 5.52. The second-order valence-electron chi connectivity index (χ2n) is 2.98. The Kier molecular flexibility index (Phi) is 3.95. The number of benzene rings is 1. The van der Waals surface area contributed by atoms with Crippen LogP contribution in [0.5, 0.6) is 0 Å². The topological polar surface area (TPSA) is 32.3 Å². The lowest BCUT2D eigenvalue weighted by Crippen LogP contribution is -2.27. The molecule has 3 nitrogen and oxygen atoms in total. The van der Waals surface area contributed by atoms with E-state index in [1.807, 2.05) is 18.2 Å². The lowest BCUT2D eigenvalue weighted by molar-refractivity contribution is 0.230. The fourth-order valence-corrected chi connectivity index (χ4v) is 2.15. The first kappa shape index (κ1) is 11.5. The van der Waals surface area contributed by atoms with Crippen LogP contribution < -0.4 is 5.32 Å². The van der Waals surface area contributed by atoms with Crippen LogP contribution in [-0.2, 0) is 0 Å². The predicted molar refractivity (Wildman–Crippen MR) is 64.5 cm³/mol. The van der Waals surface area contributed by atoms with Crippen LogP contribution in [0.3, 0.4) is 0 Å². The molecule has 14 heavy (non-hydrogen) atoms. The average Bonchev–Trinajstić information content (AvgIpc) is 2.01. The summed E-state index contributed by atoms with van der Waals surface area (Å²) >= 11 is 6.69. The number of nitrogens with one attached hydrogen (secondary N) is 1. The van der Waals surface area contributed by atoms with Crippen LogP contribution in [0, 0.1) is 0 Å². The number of hydrogen-bond donors (Lipinski definition) is 1. The normalized spacial score (nSPS) is 9.71. The lowest BCUT2D eigenvalue weighted by atomic mass is 10.3. The molecule has 0 unspecified atom stereocenters. The molecule has 0 fully saturated rings. The second-order valence-corrected chi connectivity index (χ2v) is 4.81. The zero-order valence-corrected chi connectivity index (χ0v) is 11.0. The van der Waals surface area contributed by atoms with Crippen molar-refractivity contribution in [3.05, 3.63) is 27.1 Å². The number of halogens is 2. The summed E-state index contributed by atoms with van der Waals surface area (Å²) in [4.78, 5) is 12.8. The molecule has 1 aromatic rings. The van der Waals surface area contributed by atoms with Gasteiger partial charge in [0.1, 0.15) is 0 Å². The smallest absolute Gasteiger partial charge is 0.321 e. The van der Waals surface area contributed by atoms with Crippen molar-refractivity contribution in [2.75, 3.05) is 19.4 Å². The van der Waals surface area contributed by atoms with Crippen LogP contribution in [0.15, 0.2) is 27.1 Å². The van der Waals surface area contributed by atoms with Crippen molar-refractivity contribution in [1.82, 2.24) is 4.90 Å². The van der Waals surface area contributed by atoms with E-state index in [2.05, 4.69) is 37.2 Å². The molecule has 0 spiro atoms. The molecule has 0 aromatic heterocycles.